The maximum atomic E-state index is 12.2. The molecular formula is C6H5F2N. The van der Waals surface area contributed by atoms with Crippen LogP contribution in [0.3, 0.4) is 0 Å². The van der Waals surface area contributed by atoms with Crippen molar-refractivity contribution >= 4 is 0 Å². The molecule has 0 aliphatic heterocycles. The van der Waals surface area contributed by atoms with E-state index in [0.717, 1.165) is 6.07 Å². The number of hydrogen-bond acceptors (Lipinski definition) is 1. The van der Waals surface area contributed by atoms with Gasteiger partial charge in [-0.25, -0.2) is 0 Å². The molecule has 1 rings (SSSR count). The van der Waals surface area contributed by atoms with E-state index < -0.39 is 11.9 Å². The molecule has 0 radical (unpaired) electrons. The number of pyridine rings is 1. The molecule has 1 aromatic rings. The van der Waals surface area contributed by atoms with Crippen molar-refractivity contribution in [2.24, 2.45) is 0 Å². The molecule has 48 valence electrons. The fourth-order valence-electron chi connectivity index (χ4n) is 0.482. The summed E-state index contributed by atoms with van der Waals surface area (Å²) in [6.45, 7) is 1.53. The smallest absolute Gasteiger partial charge is 0.190 e. The molecule has 1 aromatic heterocycles. The van der Waals surface area contributed by atoms with E-state index in [2.05, 4.69) is 4.98 Å². The van der Waals surface area contributed by atoms with Crippen molar-refractivity contribution in [3.63, 3.8) is 0 Å². The molecule has 0 saturated carbocycles. The van der Waals surface area contributed by atoms with Gasteiger partial charge in [0, 0.05) is 5.56 Å². The summed E-state index contributed by atoms with van der Waals surface area (Å²) in [5, 5.41) is 0. The Morgan fingerprint density at radius 3 is 2.44 bits per heavy atom. The maximum absolute atomic E-state index is 12.2. The molecular weight excluding hydrogens is 124 g/mol. The van der Waals surface area contributed by atoms with Crippen molar-refractivity contribution in [1.29, 1.82) is 0 Å². The summed E-state index contributed by atoms with van der Waals surface area (Å²) in [4.78, 5) is 2.94. The lowest BCUT2D eigenvalue weighted by Gasteiger charge is -1.91. The average molecular weight is 129 g/mol. The van der Waals surface area contributed by atoms with Crippen LogP contribution in [0.1, 0.15) is 5.56 Å². The van der Waals surface area contributed by atoms with Crippen molar-refractivity contribution in [1.82, 2.24) is 4.98 Å². The van der Waals surface area contributed by atoms with Gasteiger partial charge in [0.1, 0.15) is 0 Å². The van der Waals surface area contributed by atoms with Crippen molar-refractivity contribution < 1.29 is 8.78 Å². The van der Waals surface area contributed by atoms with Crippen LogP contribution in [0, 0.1) is 18.8 Å². The lowest BCUT2D eigenvalue weighted by molar-refractivity contribution is 0.507. The van der Waals surface area contributed by atoms with Crippen LogP contribution in [-0.4, -0.2) is 4.98 Å². The van der Waals surface area contributed by atoms with E-state index in [9.17, 15) is 8.78 Å². The number of aromatic nitrogens is 1. The predicted molar refractivity (Wildman–Crippen MR) is 28.9 cm³/mol. The molecule has 0 unspecified atom stereocenters. The van der Waals surface area contributed by atoms with Crippen molar-refractivity contribution in [3.05, 3.63) is 29.6 Å². The minimum atomic E-state index is -0.780. The number of halogens is 2. The van der Waals surface area contributed by atoms with Gasteiger partial charge in [-0.15, -0.1) is 0 Å². The quantitative estimate of drug-likeness (QED) is 0.485. The molecule has 1 nitrogen and oxygen atoms in total. The Morgan fingerprint density at radius 2 is 2.00 bits per heavy atom. The Labute approximate surface area is 51.3 Å². The molecule has 0 bridgehead atoms. The Morgan fingerprint density at radius 1 is 1.33 bits per heavy atom. The van der Waals surface area contributed by atoms with Gasteiger partial charge in [-0.05, 0) is 13.0 Å². The summed E-state index contributed by atoms with van der Waals surface area (Å²) in [5.74, 6) is -1.52. The van der Waals surface area contributed by atoms with Crippen molar-refractivity contribution in [3.8, 4) is 0 Å². The molecule has 0 aliphatic rings. The fourth-order valence-corrected chi connectivity index (χ4v) is 0.482. The first-order valence-electron chi connectivity index (χ1n) is 2.49. The van der Waals surface area contributed by atoms with Gasteiger partial charge in [-0.2, -0.15) is 13.8 Å². The zero-order valence-corrected chi connectivity index (χ0v) is 4.86. The molecule has 0 aromatic carbocycles. The van der Waals surface area contributed by atoms with Gasteiger partial charge < -0.3 is 0 Å². The van der Waals surface area contributed by atoms with Gasteiger partial charge in [0.2, 0.25) is 11.9 Å². The minimum Gasteiger partial charge on any atom is -0.190 e. The van der Waals surface area contributed by atoms with E-state index in [0.29, 0.717) is 5.56 Å². The van der Waals surface area contributed by atoms with Crippen LogP contribution in [0.4, 0.5) is 8.78 Å². The topological polar surface area (TPSA) is 12.9 Å². The third-order valence-electron chi connectivity index (χ3n) is 1.00. The second-order valence-electron chi connectivity index (χ2n) is 1.74. The molecule has 9 heavy (non-hydrogen) atoms. The first-order chi connectivity index (χ1) is 4.20. The molecule has 0 N–H and O–H groups in total. The van der Waals surface area contributed by atoms with E-state index in [1.54, 1.807) is 0 Å². The van der Waals surface area contributed by atoms with Gasteiger partial charge in [0.05, 0.1) is 0 Å². The number of aryl methyl sites for hydroxylation is 1. The third kappa shape index (κ3) is 1.22. The molecule has 0 aliphatic carbocycles. The molecule has 0 atom stereocenters. The van der Waals surface area contributed by atoms with E-state index in [-0.39, 0.29) is 0 Å². The first kappa shape index (κ1) is 6.13. The largest absolute Gasteiger partial charge is 0.218 e. The van der Waals surface area contributed by atoms with Crippen LogP contribution >= 0.6 is 0 Å². The monoisotopic (exact) mass is 129 g/mol. The van der Waals surface area contributed by atoms with Crippen molar-refractivity contribution in [2.75, 3.05) is 0 Å². The maximum Gasteiger partial charge on any atom is 0.218 e. The molecule has 1 heterocycles. The lowest BCUT2D eigenvalue weighted by atomic mass is 10.3. The van der Waals surface area contributed by atoms with E-state index in [4.69, 9.17) is 0 Å². The van der Waals surface area contributed by atoms with Crippen LogP contribution in [0.2, 0.25) is 0 Å². The van der Waals surface area contributed by atoms with E-state index >= 15 is 0 Å². The Balaban J connectivity index is 3.17. The fraction of sp³-hybridized carbons (Fsp3) is 0.167. The van der Waals surface area contributed by atoms with E-state index in [1.807, 2.05) is 0 Å². The molecule has 0 spiro atoms. The summed E-state index contributed by atoms with van der Waals surface area (Å²) in [5.41, 5.74) is 0.358. The zero-order chi connectivity index (χ0) is 6.85. The Bertz CT molecular complexity index is 222. The second kappa shape index (κ2) is 2.09. The molecule has 0 fully saturated rings. The summed E-state index contributed by atoms with van der Waals surface area (Å²) < 4.78 is 24.2. The number of rotatable bonds is 0. The van der Waals surface area contributed by atoms with Crippen LogP contribution in [-0.2, 0) is 0 Å². The van der Waals surface area contributed by atoms with Gasteiger partial charge in [-0.3, -0.25) is 0 Å². The van der Waals surface area contributed by atoms with Gasteiger partial charge in [-0.1, -0.05) is 6.07 Å². The van der Waals surface area contributed by atoms with Crippen LogP contribution in [0.5, 0.6) is 0 Å². The molecule has 0 amide bonds. The SMILES string of the molecule is Cc1ccc(F)nc1F. The predicted octanol–water partition coefficient (Wildman–Crippen LogP) is 1.67. The summed E-state index contributed by atoms with van der Waals surface area (Å²) in [6, 6.07) is 2.47. The van der Waals surface area contributed by atoms with Gasteiger partial charge in [0.25, 0.3) is 0 Å². The summed E-state index contributed by atoms with van der Waals surface area (Å²) in [6.07, 6.45) is 0. The standard InChI is InChI=1S/C6H5F2N/c1-4-2-3-5(7)9-6(4)8/h2-3H,1H3. The van der Waals surface area contributed by atoms with Crippen LogP contribution in [0.15, 0.2) is 12.1 Å². The van der Waals surface area contributed by atoms with Gasteiger partial charge >= 0.3 is 0 Å². The molecule has 3 heteroatoms. The lowest BCUT2D eigenvalue weighted by Crippen LogP contribution is -1.89. The highest BCUT2D eigenvalue weighted by atomic mass is 19.1. The van der Waals surface area contributed by atoms with Crippen molar-refractivity contribution in [2.45, 2.75) is 6.92 Å². The van der Waals surface area contributed by atoms with Crippen LogP contribution < -0.4 is 0 Å². The summed E-state index contributed by atoms with van der Waals surface area (Å²) in [7, 11) is 0. The highest BCUT2D eigenvalue weighted by molar-refractivity contribution is 5.08. The highest BCUT2D eigenvalue weighted by Crippen LogP contribution is 2.01. The number of hydrogen-bond donors (Lipinski definition) is 0. The Kier molecular flexibility index (Phi) is 1.42. The normalized spacial score (nSPS) is 9.67. The first-order valence-corrected chi connectivity index (χ1v) is 2.49. The minimum absolute atomic E-state index is 0.358. The third-order valence-corrected chi connectivity index (χ3v) is 1.00. The Hall–Kier alpha value is -0.990. The second-order valence-corrected chi connectivity index (χ2v) is 1.74. The average Bonchev–Trinajstić information content (AvgIpc) is 1.80. The summed E-state index contributed by atoms with van der Waals surface area (Å²) >= 11 is 0. The zero-order valence-electron chi connectivity index (χ0n) is 4.86. The van der Waals surface area contributed by atoms with E-state index in [1.165, 1.54) is 13.0 Å². The van der Waals surface area contributed by atoms with Gasteiger partial charge in [0.15, 0.2) is 0 Å². The number of nitrogens with zero attached hydrogens (tertiary/aromatic N) is 1. The molecule has 0 saturated heterocycles. The highest BCUT2D eigenvalue weighted by Gasteiger charge is 1.97. The van der Waals surface area contributed by atoms with Crippen LogP contribution in [0.25, 0.3) is 0 Å².